The van der Waals surface area contributed by atoms with Gasteiger partial charge in [0.1, 0.15) is 5.82 Å². The maximum atomic E-state index is 13.3. The van der Waals surface area contributed by atoms with E-state index in [1.54, 1.807) is 0 Å². The zero-order valence-corrected chi connectivity index (χ0v) is 18.2. The molecule has 0 amide bonds. The number of hydrogen-bond donors (Lipinski definition) is 1. The molecule has 4 fully saturated rings. The van der Waals surface area contributed by atoms with Gasteiger partial charge in [-0.25, -0.2) is 4.98 Å². The minimum Gasteiger partial charge on any atom is -0.383 e. The fourth-order valence-electron chi connectivity index (χ4n) is 6.45. The van der Waals surface area contributed by atoms with Gasteiger partial charge >= 0.3 is 6.18 Å². The first kappa shape index (κ1) is 20.5. The van der Waals surface area contributed by atoms with E-state index in [2.05, 4.69) is 23.7 Å². The van der Waals surface area contributed by atoms with Crippen molar-refractivity contribution < 1.29 is 17.9 Å². The molecule has 6 rings (SSSR count). The SMILES string of the molecule is CC(C)n1nc(-c2cnc(N)c(C(F)(F)F)c2)cc1[C@H]1[C@@H]2CC(N3C[C@@H]4C[C@H]3CO4)C[C@@H]21. The number of nitrogens with zero attached hydrogens (tertiary/aromatic N) is 4. The molecular formula is C23H28F3N5O. The van der Waals surface area contributed by atoms with Crippen LogP contribution in [0.3, 0.4) is 0 Å². The molecule has 4 heterocycles. The number of morpholine rings is 1. The lowest BCUT2D eigenvalue weighted by Gasteiger charge is -2.33. The van der Waals surface area contributed by atoms with Crippen LogP contribution in [-0.2, 0) is 10.9 Å². The summed E-state index contributed by atoms with van der Waals surface area (Å²) < 4.78 is 47.7. The summed E-state index contributed by atoms with van der Waals surface area (Å²) in [6.45, 7) is 6.06. The number of anilines is 1. The molecule has 2 bridgehead atoms. The lowest BCUT2D eigenvalue weighted by molar-refractivity contribution is -0.137. The summed E-state index contributed by atoms with van der Waals surface area (Å²) in [5, 5.41) is 4.69. The van der Waals surface area contributed by atoms with Gasteiger partial charge in [-0.3, -0.25) is 9.58 Å². The van der Waals surface area contributed by atoms with Gasteiger partial charge in [0.15, 0.2) is 0 Å². The van der Waals surface area contributed by atoms with Crippen molar-refractivity contribution in [3.63, 3.8) is 0 Å². The lowest BCUT2D eigenvalue weighted by Crippen LogP contribution is -2.43. The molecule has 2 N–H and O–H groups in total. The number of alkyl halides is 3. The normalized spacial score (nSPS) is 33.9. The van der Waals surface area contributed by atoms with Crippen LogP contribution in [0.4, 0.5) is 19.0 Å². The highest BCUT2D eigenvalue weighted by Gasteiger charge is 2.60. The molecule has 0 spiro atoms. The highest BCUT2D eigenvalue weighted by Crippen LogP contribution is 2.64. The van der Waals surface area contributed by atoms with Gasteiger partial charge in [0.2, 0.25) is 0 Å². The van der Waals surface area contributed by atoms with E-state index in [1.807, 2.05) is 10.7 Å². The molecule has 2 aromatic rings. The third-order valence-electron chi connectivity index (χ3n) is 7.95. The van der Waals surface area contributed by atoms with Crippen molar-refractivity contribution >= 4 is 5.82 Å². The second kappa shape index (κ2) is 6.93. The number of halogens is 3. The standard InChI is InChI=1S/C23H28F3N5O/c1-11(2)31-20(7-19(29-31)12-3-18(23(24,25)26)22(27)28-8-12)21-16-5-13(6-17(16)21)30-9-15-4-14(30)10-32-15/h3,7-8,11,13-17,21H,4-6,9-10H2,1-2H3,(H2,27,28)/t13?,14-,15-,16-,17+,21+/m0/s1. The second-order valence-corrected chi connectivity index (χ2v) is 10.2. The molecule has 0 radical (unpaired) electrons. The Hall–Kier alpha value is -2.13. The Morgan fingerprint density at radius 3 is 2.47 bits per heavy atom. The van der Waals surface area contributed by atoms with Gasteiger partial charge in [-0.2, -0.15) is 18.3 Å². The highest BCUT2D eigenvalue weighted by molar-refractivity contribution is 5.63. The molecule has 1 unspecified atom stereocenters. The van der Waals surface area contributed by atoms with E-state index >= 15 is 0 Å². The highest BCUT2D eigenvalue weighted by atomic mass is 19.4. The van der Waals surface area contributed by atoms with Gasteiger partial charge in [-0.05, 0) is 57.1 Å². The number of likely N-dealkylation sites (tertiary alicyclic amines) is 1. The first-order valence-corrected chi connectivity index (χ1v) is 11.5. The summed E-state index contributed by atoms with van der Waals surface area (Å²) in [4.78, 5) is 6.46. The molecule has 2 aliphatic carbocycles. The molecule has 172 valence electrons. The van der Waals surface area contributed by atoms with Crippen molar-refractivity contribution in [2.75, 3.05) is 18.9 Å². The average Bonchev–Trinajstić information content (AvgIpc) is 3.31. The molecule has 2 saturated carbocycles. The van der Waals surface area contributed by atoms with Crippen LogP contribution in [0, 0.1) is 11.8 Å². The predicted molar refractivity (Wildman–Crippen MR) is 113 cm³/mol. The van der Waals surface area contributed by atoms with Crippen molar-refractivity contribution in [1.29, 1.82) is 0 Å². The molecule has 2 aromatic heterocycles. The molecule has 6 atom stereocenters. The Kier molecular flexibility index (Phi) is 4.44. The summed E-state index contributed by atoms with van der Waals surface area (Å²) >= 11 is 0. The maximum Gasteiger partial charge on any atom is 0.419 e. The number of fused-ring (bicyclic) bond motifs is 3. The van der Waals surface area contributed by atoms with Crippen LogP contribution in [0.5, 0.6) is 0 Å². The largest absolute Gasteiger partial charge is 0.419 e. The van der Waals surface area contributed by atoms with Crippen LogP contribution in [0.15, 0.2) is 18.3 Å². The quantitative estimate of drug-likeness (QED) is 0.765. The van der Waals surface area contributed by atoms with Gasteiger partial charge in [0, 0.05) is 48.0 Å². The zero-order chi connectivity index (χ0) is 22.4. The minimum absolute atomic E-state index is 0.131. The van der Waals surface area contributed by atoms with Gasteiger partial charge < -0.3 is 10.5 Å². The summed E-state index contributed by atoms with van der Waals surface area (Å²) in [7, 11) is 0. The van der Waals surface area contributed by atoms with Crippen molar-refractivity contribution in [3.8, 4) is 11.3 Å². The maximum absolute atomic E-state index is 13.3. The number of ether oxygens (including phenoxy) is 1. The molecule has 2 saturated heterocycles. The van der Waals surface area contributed by atoms with E-state index in [0.717, 1.165) is 24.9 Å². The Balaban J connectivity index is 1.24. The van der Waals surface area contributed by atoms with Gasteiger partial charge in [-0.15, -0.1) is 0 Å². The van der Waals surface area contributed by atoms with Crippen LogP contribution < -0.4 is 5.73 Å². The average molecular weight is 448 g/mol. The molecule has 0 aromatic carbocycles. The Morgan fingerprint density at radius 1 is 1.12 bits per heavy atom. The monoisotopic (exact) mass is 447 g/mol. The minimum atomic E-state index is -4.54. The molecule has 9 heteroatoms. The summed E-state index contributed by atoms with van der Waals surface area (Å²) in [5.74, 6) is 1.21. The smallest absolute Gasteiger partial charge is 0.383 e. The fraction of sp³-hybridized carbons (Fsp3) is 0.652. The van der Waals surface area contributed by atoms with E-state index < -0.39 is 17.6 Å². The van der Waals surface area contributed by atoms with Crippen molar-refractivity contribution in [2.24, 2.45) is 11.8 Å². The Labute approximate surface area is 184 Å². The van der Waals surface area contributed by atoms with E-state index in [-0.39, 0.29) is 6.04 Å². The van der Waals surface area contributed by atoms with Gasteiger partial charge in [0.25, 0.3) is 0 Å². The lowest BCUT2D eigenvalue weighted by atomic mass is 10.0. The van der Waals surface area contributed by atoms with Crippen molar-refractivity contribution in [3.05, 3.63) is 29.6 Å². The predicted octanol–water partition coefficient (Wildman–Crippen LogP) is 4.09. The second-order valence-electron chi connectivity index (χ2n) is 10.2. The van der Waals surface area contributed by atoms with E-state index in [4.69, 9.17) is 15.6 Å². The number of rotatable bonds is 4. The fourth-order valence-corrected chi connectivity index (χ4v) is 6.45. The Bertz CT molecular complexity index is 1040. The number of hydrogen-bond acceptors (Lipinski definition) is 5. The molecular weight excluding hydrogens is 419 g/mol. The first-order chi connectivity index (χ1) is 15.2. The molecule has 6 nitrogen and oxygen atoms in total. The third-order valence-corrected chi connectivity index (χ3v) is 7.95. The van der Waals surface area contributed by atoms with E-state index in [0.29, 0.717) is 47.2 Å². The van der Waals surface area contributed by atoms with Crippen LogP contribution >= 0.6 is 0 Å². The number of aromatic nitrogens is 3. The third kappa shape index (κ3) is 3.15. The first-order valence-electron chi connectivity index (χ1n) is 11.5. The molecule has 2 aliphatic heterocycles. The van der Waals surface area contributed by atoms with Crippen molar-refractivity contribution in [2.45, 2.75) is 69.4 Å². The van der Waals surface area contributed by atoms with Gasteiger partial charge in [-0.1, -0.05) is 0 Å². The van der Waals surface area contributed by atoms with E-state index in [9.17, 15) is 13.2 Å². The summed E-state index contributed by atoms with van der Waals surface area (Å²) in [6.07, 6.45) is 0.827. The summed E-state index contributed by atoms with van der Waals surface area (Å²) in [5.41, 5.74) is 6.58. The van der Waals surface area contributed by atoms with Crippen LogP contribution in [0.1, 0.15) is 56.3 Å². The van der Waals surface area contributed by atoms with Crippen molar-refractivity contribution in [1.82, 2.24) is 19.7 Å². The van der Waals surface area contributed by atoms with Gasteiger partial charge in [0.05, 0.1) is 24.0 Å². The number of pyridine rings is 1. The van der Waals surface area contributed by atoms with E-state index in [1.165, 1.54) is 25.5 Å². The number of nitrogen functional groups attached to an aromatic ring is 1. The molecule has 32 heavy (non-hydrogen) atoms. The number of nitrogens with two attached hydrogens (primary N) is 1. The molecule has 4 aliphatic rings. The topological polar surface area (TPSA) is 69.2 Å². The van der Waals surface area contributed by atoms with Crippen LogP contribution in [0.25, 0.3) is 11.3 Å². The Morgan fingerprint density at radius 2 is 1.88 bits per heavy atom. The summed E-state index contributed by atoms with van der Waals surface area (Å²) in [6, 6.07) is 4.40. The van der Waals surface area contributed by atoms with Crippen LogP contribution in [-0.4, -0.2) is 51.0 Å². The van der Waals surface area contributed by atoms with Crippen LogP contribution in [0.2, 0.25) is 0 Å². The zero-order valence-electron chi connectivity index (χ0n) is 18.2.